The van der Waals surface area contributed by atoms with Crippen molar-refractivity contribution >= 4 is 5.91 Å². The first-order valence-electron chi connectivity index (χ1n) is 7.36. The summed E-state index contributed by atoms with van der Waals surface area (Å²) >= 11 is 0. The number of fused-ring (bicyclic) bond motifs is 1. The second kappa shape index (κ2) is 5.94. The van der Waals surface area contributed by atoms with E-state index in [-0.39, 0.29) is 5.91 Å². The van der Waals surface area contributed by atoms with Crippen LogP contribution in [-0.4, -0.2) is 55.2 Å². The molecule has 1 aliphatic carbocycles. The highest BCUT2D eigenvalue weighted by atomic mass is 16.5. The molecule has 4 heteroatoms. The van der Waals surface area contributed by atoms with Crippen LogP contribution in [0.15, 0.2) is 24.3 Å². The lowest BCUT2D eigenvalue weighted by molar-refractivity contribution is -0.145. The van der Waals surface area contributed by atoms with E-state index >= 15 is 0 Å². The van der Waals surface area contributed by atoms with E-state index < -0.39 is 0 Å². The lowest BCUT2D eigenvalue weighted by atomic mass is 10.1. The predicted molar refractivity (Wildman–Crippen MR) is 77.4 cm³/mol. The quantitative estimate of drug-likeness (QED) is 0.829. The predicted octanol–water partition coefficient (Wildman–Crippen LogP) is 1.29. The van der Waals surface area contributed by atoms with Crippen molar-refractivity contribution in [1.82, 2.24) is 9.80 Å². The number of nitrogens with zero attached hydrogens (tertiary/aromatic N) is 2. The summed E-state index contributed by atoms with van der Waals surface area (Å²) in [5.74, 6) is 0.222. The maximum Gasteiger partial charge on any atom is 0.226 e. The van der Waals surface area contributed by atoms with Crippen molar-refractivity contribution in [2.45, 2.75) is 25.3 Å². The Balaban J connectivity index is 1.51. The van der Waals surface area contributed by atoms with Gasteiger partial charge in [-0.3, -0.25) is 4.79 Å². The molecule has 1 aromatic carbocycles. The highest BCUT2D eigenvalue weighted by molar-refractivity contribution is 5.76. The summed E-state index contributed by atoms with van der Waals surface area (Å²) in [6, 6.07) is 9.25. The summed E-state index contributed by atoms with van der Waals surface area (Å²) in [5.41, 5.74) is 2.95. The number of carbonyl (C=O) groups is 1. The van der Waals surface area contributed by atoms with Gasteiger partial charge < -0.3 is 14.5 Å². The average Bonchev–Trinajstić information content (AvgIpc) is 2.90. The molecule has 3 rings (SSSR count). The SMILES string of the molecule is CN(CCN1COCCC1=O)C1Cc2ccccc2C1. The van der Waals surface area contributed by atoms with Crippen molar-refractivity contribution in [1.29, 1.82) is 0 Å². The van der Waals surface area contributed by atoms with Gasteiger partial charge in [-0.15, -0.1) is 0 Å². The number of carbonyl (C=O) groups excluding carboxylic acids is 1. The molecule has 1 heterocycles. The molecule has 2 aliphatic rings. The summed E-state index contributed by atoms with van der Waals surface area (Å²) < 4.78 is 5.35. The molecular weight excluding hydrogens is 252 g/mol. The lowest BCUT2D eigenvalue weighted by Gasteiger charge is -2.30. The monoisotopic (exact) mass is 274 g/mol. The van der Waals surface area contributed by atoms with Crippen LogP contribution in [0.4, 0.5) is 0 Å². The smallest absolute Gasteiger partial charge is 0.226 e. The van der Waals surface area contributed by atoms with Gasteiger partial charge in [-0.1, -0.05) is 24.3 Å². The Morgan fingerprint density at radius 3 is 2.65 bits per heavy atom. The molecule has 0 atom stereocenters. The largest absolute Gasteiger partial charge is 0.361 e. The third kappa shape index (κ3) is 2.86. The van der Waals surface area contributed by atoms with Crippen LogP contribution < -0.4 is 0 Å². The van der Waals surface area contributed by atoms with Gasteiger partial charge >= 0.3 is 0 Å². The van der Waals surface area contributed by atoms with Gasteiger partial charge in [0, 0.05) is 19.1 Å². The van der Waals surface area contributed by atoms with Crippen LogP contribution >= 0.6 is 0 Å². The zero-order valence-electron chi connectivity index (χ0n) is 12.0. The molecule has 0 radical (unpaired) electrons. The maximum absolute atomic E-state index is 11.7. The van der Waals surface area contributed by atoms with Crippen LogP contribution in [0.3, 0.4) is 0 Å². The molecule has 1 fully saturated rings. The van der Waals surface area contributed by atoms with E-state index in [0.717, 1.165) is 25.9 Å². The number of rotatable bonds is 4. The van der Waals surface area contributed by atoms with Gasteiger partial charge in [0.1, 0.15) is 6.73 Å². The first-order valence-corrected chi connectivity index (χ1v) is 7.36. The van der Waals surface area contributed by atoms with Crippen molar-refractivity contribution in [3.8, 4) is 0 Å². The molecule has 0 bridgehead atoms. The summed E-state index contributed by atoms with van der Waals surface area (Å²) in [6.45, 7) is 2.70. The summed E-state index contributed by atoms with van der Waals surface area (Å²) in [5, 5.41) is 0. The summed E-state index contributed by atoms with van der Waals surface area (Å²) in [6.07, 6.45) is 2.77. The normalized spacial score (nSPS) is 19.7. The van der Waals surface area contributed by atoms with Gasteiger partial charge in [0.05, 0.1) is 13.0 Å². The van der Waals surface area contributed by atoms with Gasteiger partial charge in [0.2, 0.25) is 5.91 Å². The van der Waals surface area contributed by atoms with Gasteiger partial charge in [-0.25, -0.2) is 0 Å². The Labute approximate surface area is 120 Å². The van der Waals surface area contributed by atoms with Crippen LogP contribution in [-0.2, 0) is 22.4 Å². The molecule has 1 aromatic rings. The Morgan fingerprint density at radius 1 is 1.30 bits per heavy atom. The molecule has 0 unspecified atom stereocenters. The van der Waals surface area contributed by atoms with E-state index in [9.17, 15) is 4.79 Å². The highest BCUT2D eigenvalue weighted by Gasteiger charge is 2.25. The summed E-state index contributed by atoms with van der Waals surface area (Å²) in [7, 11) is 2.16. The highest BCUT2D eigenvalue weighted by Crippen LogP contribution is 2.24. The van der Waals surface area contributed by atoms with Gasteiger partial charge in [0.15, 0.2) is 0 Å². The minimum Gasteiger partial charge on any atom is -0.361 e. The third-order valence-corrected chi connectivity index (χ3v) is 4.44. The fourth-order valence-corrected chi connectivity index (χ4v) is 3.06. The second-order valence-electron chi connectivity index (χ2n) is 5.76. The zero-order valence-corrected chi connectivity index (χ0v) is 12.0. The first kappa shape index (κ1) is 13.6. The molecule has 4 nitrogen and oxygen atoms in total. The standard InChI is InChI=1S/C16H22N2O2/c1-17(7-8-18-12-20-9-6-16(18)19)15-10-13-4-2-3-5-14(13)11-15/h2-5,15H,6-12H2,1H3. The van der Waals surface area contributed by atoms with Crippen LogP contribution in [0.5, 0.6) is 0 Å². The van der Waals surface area contributed by atoms with Crippen molar-refractivity contribution in [2.75, 3.05) is 33.5 Å². The van der Waals surface area contributed by atoms with Crippen LogP contribution in [0.1, 0.15) is 17.5 Å². The van der Waals surface area contributed by atoms with Crippen LogP contribution in [0, 0.1) is 0 Å². The van der Waals surface area contributed by atoms with Crippen LogP contribution in [0.25, 0.3) is 0 Å². The minimum absolute atomic E-state index is 0.222. The first-order chi connectivity index (χ1) is 9.74. The number of likely N-dealkylation sites (N-methyl/N-ethyl adjacent to an activating group) is 1. The maximum atomic E-state index is 11.7. The van der Waals surface area contributed by atoms with E-state index in [1.807, 2.05) is 4.90 Å². The second-order valence-corrected chi connectivity index (χ2v) is 5.76. The molecule has 0 saturated carbocycles. The van der Waals surface area contributed by atoms with Crippen molar-refractivity contribution < 1.29 is 9.53 Å². The molecule has 1 saturated heterocycles. The molecule has 1 aliphatic heterocycles. The van der Waals surface area contributed by atoms with Crippen molar-refractivity contribution in [3.63, 3.8) is 0 Å². The van der Waals surface area contributed by atoms with Gasteiger partial charge in [-0.05, 0) is 31.0 Å². The number of hydrogen-bond acceptors (Lipinski definition) is 3. The zero-order chi connectivity index (χ0) is 13.9. The molecule has 0 spiro atoms. The van der Waals surface area contributed by atoms with E-state index in [1.165, 1.54) is 11.1 Å². The molecule has 108 valence electrons. The fraction of sp³-hybridized carbons (Fsp3) is 0.562. The summed E-state index contributed by atoms with van der Waals surface area (Å²) in [4.78, 5) is 15.9. The topological polar surface area (TPSA) is 32.8 Å². The number of benzene rings is 1. The van der Waals surface area contributed by atoms with Crippen molar-refractivity contribution in [3.05, 3.63) is 35.4 Å². The molecule has 20 heavy (non-hydrogen) atoms. The molecular formula is C16H22N2O2. The molecule has 1 amide bonds. The Bertz CT molecular complexity index is 464. The van der Waals surface area contributed by atoms with Gasteiger partial charge in [-0.2, -0.15) is 0 Å². The number of hydrogen-bond donors (Lipinski definition) is 0. The third-order valence-electron chi connectivity index (χ3n) is 4.44. The van der Waals surface area contributed by atoms with Crippen LogP contribution in [0.2, 0.25) is 0 Å². The molecule has 0 N–H and O–H groups in total. The Kier molecular flexibility index (Phi) is 4.03. The average molecular weight is 274 g/mol. The van der Waals surface area contributed by atoms with Gasteiger partial charge in [0.25, 0.3) is 0 Å². The Hall–Kier alpha value is -1.39. The van der Waals surface area contributed by atoms with E-state index in [4.69, 9.17) is 4.74 Å². The fourth-order valence-electron chi connectivity index (χ4n) is 3.06. The number of ether oxygens (including phenoxy) is 1. The minimum atomic E-state index is 0.222. The molecule has 0 aromatic heterocycles. The lowest BCUT2D eigenvalue weighted by Crippen LogP contribution is -2.44. The number of amides is 1. The van der Waals surface area contributed by atoms with E-state index in [1.54, 1.807) is 0 Å². The van der Waals surface area contributed by atoms with Crippen molar-refractivity contribution in [2.24, 2.45) is 0 Å². The van der Waals surface area contributed by atoms with E-state index in [2.05, 4.69) is 36.2 Å². The van der Waals surface area contributed by atoms with E-state index in [0.29, 0.717) is 25.8 Å². The Morgan fingerprint density at radius 2 is 2.00 bits per heavy atom.